The van der Waals surface area contributed by atoms with E-state index in [4.69, 9.17) is 5.73 Å². The molecular weight excluding hydrogens is 245 g/mol. The van der Waals surface area contributed by atoms with Crippen LogP contribution in [0.4, 0.5) is 13.2 Å². The summed E-state index contributed by atoms with van der Waals surface area (Å²) in [5.74, 6) is -0.802. The van der Waals surface area contributed by atoms with Crippen LogP contribution in [0.5, 0.6) is 0 Å². The molecule has 0 aromatic carbocycles. The lowest BCUT2D eigenvalue weighted by Crippen LogP contribution is -2.49. The van der Waals surface area contributed by atoms with E-state index in [2.05, 4.69) is 0 Å². The quantitative estimate of drug-likeness (QED) is 0.848. The molecule has 2 aliphatic carbocycles. The standard InChI is InChI=1S/C12H19F3N2O/c13-12(14,15)7-17(8-5-6-8)11(18)9-3-1-2-4-10(9)16/h8-10H,1-7,16H2. The van der Waals surface area contributed by atoms with Gasteiger partial charge in [0.05, 0.1) is 5.92 Å². The van der Waals surface area contributed by atoms with Crippen molar-refractivity contribution in [2.75, 3.05) is 6.54 Å². The first-order valence-electron chi connectivity index (χ1n) is 6.51. The van der Waals surface area contributed by atoms with E-state index in [-0.39, 0.29) is 18.0 Å². The molecule has 3 nitrogen and oxygen atoms in total. The molecule has 18 heavy (non-hydrogen) atoms. The lowest BCUT2D eigenvalue weighted by Gasteiger charge is -2.33. The zero-order valence-corrected chi connectivity index (χ0v) is 10.2. The van der Waals surface area contributed by atoms with Crippen molar-refractivity contribution in [1.29, 1.82) is 0 Å². The summed E-state index contributed by atoms with van der Waals surface area (Å²) in [6.45, 7) is -1.13. The molecule has 2 saturated carbocycles. The summed E-state index contributed by atoms with van der Waals surface area (Å²) in [5, 5.41) is 0. The second-order valence-electron chi connectivity index (χ2n) is 5.37. The highest BCUT2D eigenvalue weighted by Crippen LogP contribution is 2.34. The number of nitrogens with two attached hydrogens (primary N) is 1. The van der Waals surface area contributed by atoms with Crippen LogP contribution in [0.2, 0.25) is 0 Å². The summed E-state index contributed by atoms with van der Waals surface area (Å²) in [7, 11) is 0. The van der Waals surface area contributed by atoms with E-state index in [0.717, 1.165) is 24.2 Å². The molecule has 2 unspecified atom stereocenters. The predicted octanol–water partition coefficient (Wildman–Crippen LogP) is 2.06. The molecule has 104 valence electrons. The second kappa shape index (κ2) is 5.07. The van der Waals surface area contributed by atoms with Crippen LogP contribution < -0.4 is 5.73 Å². The van der Waals surface area contributed by atoms with Gasteiger partial charge in [0.25, 0.3) is 0 Å². The van der Waals surface area contributed by atoms with Crippen LogP contribution in [0.25, 0.3) is 0 Å². The minimum Gasteiger partial charge on any atom is -0.330 e. The molecule has 2 fully saturated rings. The maximum Gasteiger partial charge on any atom is 0.406 e. The van der Waals surface area contributed by atoms with Gasteiger partial charge in [0.2, 0.25) is 5.91 Å². The maximum atomic E-state index is 12.5. The van der Waals surface area contributed by atoms with Gasteiger partial charge >= 0.3 is 6.18 Å². The minimum atomic E-state index is -4.32. The number of nitrogens with zero attached hydrogens (tertiary/aromatic N) is 1. The van der Waals surface area contributed by atoms with Crippen molar-refractivity contribution in [3.63, 3.8) is 0 Å². The summed E-state index contributed by atoms with van der Waals surface area (Å²) in [6.07, 6.45) is 0.259. The second-order valence-corrected chi connectivity index (χ2v) is 5.37. The van der Waals surface area contributed by atoms with Crippen molar-refractivity contribution in [2.24, 2.45) is 11.7 Å². The zero-order valence-electron chi connectivity index (χ0n) is 10.2. The highest BCUT2D eigenvalue weighted by Gasteiger charge is 2.43. The van der Waals surface area contributed by atoms with Crippen LogP contribution >= 0.6 is 0 Å². The minimum absolute atomic E-state index is 0.215. The molecule has 6 heteroatoms. The Balaban J connectivity index is 2.03. The first-order chi connectivity index (χ1) is 8.38. The van der Waals surface area contributed by atoms with Gasteiger partial charge < -0.3 is 10.6 Å². The van der Waals surface area contributed by atoms with E-state index in [1.54, 1.807) is 0 Å². The van der Waals surface area contributed by atoms with E-state index in [9.17, 15) is 18.0 Å². The number of carbonyl (C=O) groups excluding carboxylic acids is 1. The van der Waals surface area contributed by atoms with Crippen LogP contribution in [-0.2, 0) is 4.79 Å². The molecular formula is C12H19F3N2O. The number of amides is 1. The summed E-state index contributed by atoms with van der Waals surface area (Å²) >= 11 is 0. The smallest absolute Gasteiger partial charge is 0.330 e. The Labute approximate surface area is 104 Å². The monoisotopic (exact) mass is 264 g/mol. The molecule has 2 atom stereocenters. The fraction of sp³-hybridized carbons (Fsp3) is 0.917. The fourth-order valence-corrected chi connectivity index (χ4v) is 2.65. The van der Waals surface area contributed by atoms with Gasteiger partial charge in [-0.05, 0) is 25.7 Å². The van der Waals surface area contributed by atoms with Crippen LogP contribution in [-0.4, -0.2) is 35.6 Å². The van der Waals surface area contributed by atoms with Crippen molar-refractivity contribution in [1.82, 2.24) is 4.90 Å². The third kappa shape index (κ3) is 3.37. The maximum absolute atomic E-state index is 12.5. The molecule has 2 rings (SSSR count). The Bertz CT molecular complexity index is 315. The van der Waals surface area contributed by atoms with Crippen molar-refractivity contribution < 1.29 is 18.0 Å². The molecule has 0 heterocycles. The number of rotatable bonds is 3. The van der Waals surface area contributed by atoms with Gasteiger partial charge in [-0.3, -0.25) is 4.79 Å². The van der Waals surface area contributed by atoms with Gasteiger partial charge in [0.15, 0.2) is 0 Å². The Morgan fingerprint density at radius 2 is 1.78 bits per heavy atom. The van der Waals surface area contributed by atoms with E-state index in [1.165, 1.54) is 0 Å². The fourth-order valence-electron chi connectivity index (χ4n) is 2.65. The molecule has 0 saturated heterocycles. The molecule has 0 radical (unpaired) electrons. The molecule has 2 N–H and O–H groups in total. The molecule has 0 aromatic rings. The first-order valence-corrected chi connectivity index (χ1v) is 6.51. The Morgan fingerprint density at radius 3 is 2.28 bits per heavy atom. The Hall–Kier alpha value is -0.780. The number of alkyl halides is 3. The van der Waals surface area contributed by atoms with Gasteiger partial charge in [0, 0.05) is 12.1 Å². The zero-order chi connectivity index (χ0) is 13.3. The summed E-state index contributed by atoms with van der Waals surface area (Å²) in [6, 6.07) is -0.492. The van der Waals surface area contributed by atoms with Gasteiger partial charge in [-0.2, -0.15) is 13.2 Å². The van der Waals surface area contributed by atoms with Crippen molar-refractivity contribution in [3.05, 3.63) is 0 Å². The number of hydrogen-bond acceptors (Lipinski definition) is 2. The Kier molecular flexibility index (Phi) is 3.84. The van der Waals surface area contributed by atoms with Crippen molar-refractivity contribution >= 4 is 5.91 Å². The normalized spacial score (nSPS) is 29.1. The molecule has 0 spiro atoms. The molecule has 2 aliphatic rings. The number of hydrogen-bond donors (Lipinski definition) is 1. The SMILES string of the molecule is NC1CCCCC1C(=O)N(CC(F)(F)F)C1CC1. The summed E-state index contributed by atoms with van der Waals surface area (Å²) < 4.78 is 37.5. The summed E-state index contributed by atoms with van der Waals surface area (Å²) in [4.78, 5) is 13.2. The van der Waals surface area contributed by atoms with Gasteiger partial charge in [-0.1, -0.05) is 12.8 Å². The lowest BCUT2D eigenvalue weighted by atomic mass is 9.84. The van der Waals surface area contributed by atoms with Crippen LogP contribution in [0.3, 0.4) is 0 Å². The highest BCUT2D eigenvalue weighted by molar-refractivity contribution is 5.80. The van der Waals surface area contributed by atoms with E-state index < -0.39 is 18.6 Å². The van der Waals surface area contributed by atoms with Crippen LogP contribution in [0.15, 0.2) is 0 Å². The van der Waals surface area contributed by atoms with Crippen molar-refractivity contribution in [3.8, 4) is 0 Å². The predicted molar refractivity (Wildman–Crippen MR) is 60.7 cm³/mol. The topological polar surface area (TPSA) is 46.3 Å². The lowest BCUT2D eigenvalue weighted by molar-refractivity contribution is -0.166. The average molecular weight is 264 g/mol. The first kappa shape index (κ1) is 13.6. The van der Waals surface area contributed by atoms with Gasteiger partial charge in [-0.15, -0.1) is 0 Å². The van der Waals surface area contributed by atoms with E-state index >= 15 is 0 Å². The average Bonchev–Trinajstić information content (AvgIpc) is 3.08. The largest absolute Gasteiger partial charge is 0.406 e. The molecule has 0 bridgehead atoms. The molecule has 0 aliphatic heterocycles. The van der Waals surface area contributed by atoms with Crippen molar-refractivity contribution in [2.45, 2.75) is 56.8 Å². The van der Waals surface area contributed by atoms with E-state index in [1.807, 2.05) is 0 Å². The van der Waals surface area contributed by atoms with Crippen LogP contribution in [0.1, 0.15) is 38.5 Å². The summed E-state index contributed by atoms with van der Waals surface area (Å²) in [5.41, 5.74) is 5.87. The number of halogens is 3. The van der Waals surface area contributed by atoms with Crippen LogP contribution in [0, 0.1) is 5.92 Å². The van der Waals surface area contributed by atoms with Gasteiger partial charge in [0.1, 0.15) is 6.54 Å². The Morgan fingerprint density at radius 1 is 1.17 bits per heavy atom. The molecule has 1 amide bonds. The third-order valence-corrected chi connectivity index (χ3v) is 3.76. The highest BCUT2D eigenvalue weighted by atomic mass is 19.4. The van der Waals surface area contributed by atoms with Gasteiger partial charge in [-0.25, -0.2) is 0 Å². The third-order valence-electron chi connectivity index (χ3n) is 3.76. The molecule has 0 aromatic heterocycles. The number of carbonyl (C=O) groups is 1. The van der Waals surface area contributed by atoms with E-state index in [0.29, 0.717) is 19.3 Å².